The third-order valence-corrected chi connectivity index (χ3v) is 6.31. The van der Waals surface area contributed by atoms with E-state index in [-0.39, 0.29) is 29.5 Å². The number of aryl methyl sites for hydroxylation is 1. The van der Waals surface area contributed by atoms with Gasteiger partial charge in [-0.2, -0.15) is 0 Å². The summed E-state index contributed by atoms with van der Waals surface area (Å²) in [5.74, 6) is 0.268. The number of amides is 1. The van der Waals surface area contributed by atoms with Crippen LogP contribution in [0, 0.1) is 19.8 Å². The highest BCUT2D eigenvalue weighted by molar-refractivity contribution is 5.79. The number of carbonyl (C=O) groups is 1. The number of nitrogens with zero attached hydrogens (tertiary/aromatic N) is 3. The van der Waals surface area contributed by atoms with Crippen LogP contribution in [0.25, 0.3) is 5.65 Å². The van der Waals surface area contributed by atoms with Crippen LogP contribution >= 0.6 is 0 Å². The number of fused-ring (bicyclic) bond motifs is 1. The van der Waals surface area contributed by atoms with E-state index < -0.39 is 0 Å². The third-order valence-electron chi connectivity index (χ3n) is 6.31. The molecule has 2 aromatic heterocycles. The molecule has 2 aliphatic rings. The largest absolute Gasteiger partial charge is 0.381 e. The Hall–Kier alpha value is -2.15. The summed E-state index contributed by atoms with van der Waals surface area (Å²) in [6.45, 7) is 4.41. The highest BCUT2D eigenvalue weighted by Crippen LogP contribution is 2.36. The number of methoxy groups -OCH3 is 1. The van der Waals surface area contributed by atoms with Crippen molar-refractivity contribution in [2.75, 3.05) is 13.7 Å². The summed E-state index contributed by atoms with van der Waals surface area (Å²) in [5, 5.41) is 3.20. The smallest absolute Gasteiger partial charge is 0.275 e. The predicted octanol–water partition coefficient (Wildman–Crippen LogP) is 2.51. The second-order valence-electron chi connectivity index (χ2n) is 7.94. The minimum Gasteiger partial charge on any atom is -0.381 e. The Morgan fingerprint density at radius 1 is 1.26 bits per heavy atom. The Bertz CT molecular complexity index is 916. The van der Waals surface area contributed by atoms with Crippen LogP contribution in [0.4, 0.5) is 0 Å². The molecule has 7 heteroatoms. The predicted molar refractivity (Wildman–Crippen MR) is 102 cm³/mol. The van der Waals surface area contributed by atoms with Gasteiger partial charge in [-0.05, 0) is 46.0 Å². The zero-order valence-corrected chi connectivity index (χ0v) is 16.3. The Morgan fingerprint density at radius 2 is 2.07 bits per heavy atom. The highest BCUT2D eigenvalue weighted by atomic mass is 16.5. The highest BCUT2D eigenvalue weighted by Gasteiger charge is 2.37. The van der Waals surface area contributed by atoms with E-state index in [2.05, 4.69) is 10.1 Å². The minimum absolute atomic E-state index is 0.0119. The van der Waals surface area contributed by atoms with Gasteiger partial charge in [0, 0.05) is 36.9 Å². The normalized spacial score (nSPS) is 26.0. The van der Waals surface area contributed by atoms with E-state index in [0.29, 0.717) is 11.2 Å². The molecule has 1 saturated heterocycles. The van der Waals surface area contributed by atoms with Gasteiger partial charge in [-0.15, -0.1) is 0 Å². The van der Waals surface area contributed by atoms with Crippen molar-refractivity contribution in [2.45, 2.75) is 64.5 Å². The molecule has 1 saturated carbocycles. The molecule has 0 radical (unpaired) electrons. The molecule has 1 aliphatic heterocycles. The average molecular weight is 372 g/mol. The number of hydrogen-bond acceptors (Lipinski definition) is 4. The number of nitrogens with one attached hydrogen (secondary N) is 1. The molecule has 27 heavy (non-hydrogen) atoms. The van der Waals surface area contributed by atoms with Crippen LogP contribution in [-0.2, 0) is 9.53 Å². The van der Waals surface area contributed by atoms with Gasteiger partial charge in [0.25, 0.3) is 5.56 Å². The maximum atomic E-state index is 13.2. The average Bonchev–Trinajstić information content (AvgIpc) is 3.32. The lowest BCUT2D eigenvalue weighted by Crippen LogP contribution is -2.39. The summed E-state index contributed by atoms with van der Waals surface area (Å²) < 4.78 is 7.00. The fraction of sp³-hybridized carbons (Fsp3) is 0.650. The topological polar surface area (TPSA) is 79.7 Å². The molecular weight excluding hydrogens is 344 g/mol. The van der Waals surface area contributed by atoms with E-state index in [0.717, 1.165) is 56.5 Å². The molecule has 146 valence electrons. The lowest BCUT2D eigenvalue weighted by atomic mass is 9.86. The van der Waals surface area contributed by atoms with Crippen LogP contribution in [0.2, 0.25) is 0 Å². The number of carbonyl (C=O) groups excluding carboxylic acids is 1. The number of likely N-dealkylation sites (tertiary alicyclic amines) is 1. The van der Waals surface area contributed by atoms with E-state index in [4.69, 9.17) is 4.74 Å². The number of rotatable bonds is 3. The van der Waals surface area contributed by atoms with Crippen molar-refractivity contribution in [3.05, 3.63) is 33.4 Å². The van der Waals surface area contributed by atoms with E-state index in [1.165, 1.54) is 4.52 Å². The Labute approximate surface area is 158 Å². The van der Waals surface area contributed by atoms with Gasteiger partial charge in [0.15, 0.2) is 5.65 Å². The molecular formula is C20H28N4O3. The van der Waals surface area contributed by atoms with Crippen LogP contribution in [-0.4, -0.2) is 45.2 Å². The van der Waals surface area contributed by atoms with Crippen molar-refractivity contribution in [2.24, 2.45) is 5.92 Å². The number of aromatic amines is 1. The molecule has 0 spiro atoms. The standard InChI is InChI=1S/C20H28N4O3/c1-12-13(2)21-18-11-16(22-24(18)19(12)25)17-8-5-9-23(17)20(26)14-6-4-7-15(10-14)27-3/h11,14-15,17,22H,4-10H2,1-3H3/t14-,15+,17+/m0/s1. The van der Waals surface area contributed by atoms with Gasteiger partial charge >= 0.3 is 0 Å². The Kier molecular flexibility index (Phi) is 4.80. The summed E-state index contributed by atoms with van der Waals surface area (Å²) in [5.41, 5.74) is 2.84. The maximum Gasteiger partial charge on any atom is 0.275 e. The van der Waals surface area contributed by atoms with Crippen LogP contribution in [0.1, 0.15) is 61.5 Å². The molecule has 1 aliphatic carbocycles. The van der Waals surface area contributed by atoms with Gasteiger partial charge in [-0.3, -0.25) is 14.7 Å². The minimum atomic E-state index is -0.0742. The fourth-order valence-corrected chi connectivity index (χ4v) is 4.58. The summed E-state index contributed by atoms with van der Waals surface area (Å²) in [6.07, 6.45) is 5.91. The lowest BCUT2D eigenvalue weighted by molar-refractivity contribution is -0.139. The lowest BCUT2D eigenvalue weighted by Gasteiger charge is -2.32. The van der Waals surface area contributed by atoms with Gasteiger partial charge in [-0.1, -0.05) is 6.42 Å². The molecule has 2 aromatic rings. The molecule has 3 heterocycles. The first-order valence-electron chi connectivity index (χ1n) is 9.91. The third kappa shape index (κ3) is 3.18. The van der Waals surface area contributed by atoms with Crippen molar-refractivity contribution < 1.29 is 9.53 Å². The van der Waals surface area contributed by atoms with Gasteiger partial charge in [0.05, 0.1) is 17.8 Å². The van der Waals surface area contributed by atoms with Gasteiger partial charge in [0.2, 0.25) is 5.91 Å². The Balaban J connectivity index is 1.61. The molecule has 0 aromatic carbocycles. The molecule has 1 amide bonds. The molecule has 3 atom stereocenters. The second kappa shape index (κ2) is 7.11. The van der Waals surface area contributed by atoms with Gasteiger partial charge in [0.1, 0.15) is 0 Å². The molecule has 0 bridgehead atoms. The SMILES string of the molecule is CO[C@@H]1CCC[C@H](C(=O)N2CCC[C@@H]2c2cc3nc(C)c(C)c(=O)n3[nH]2)C1. The van der Waals surface area contributed by atoms with Crippen LogP contribution in [0.15, 0.2) is 10.9 Å². The van der Waals surface area contributed by atoms with Crippen LogP contribution < -0.4 is 5.56 Å². The summed E-state index contributed by atoms with van der Waals surface area (Å²) in [4.78, 5) is 32.2. The zero-order valence-electron chi connectivity index (χ0n) is 16.3. The quantitative estimate of drug-likeness (QED) is 0.898. The summed E-state index contributed by atoms with van der Waals surface area (Å²) in [7, 11) is 1.73. The van der Waals surface area contributed by atoms with E-state index >= 15 is 0 Å². The number of ether oxygens (including phenoxy) is 1. The molecule has 7 nitrogen and oxygen atoms in total. The van der Waals surface area contributed by atoms with Crippen LogP contribution in [0.3, 0.4) is 0 Å². The van der Waals surface area contributed by atoms with Crippen molar-refractivity contribution in [1.29, 1.82) is 0 Å². The summed E-state index contributed by atoms with van der Waals surface area (Å²) >= 11 is 0. The van der Waals surface area contributed by atoms with Gasteiger partial charge < -0.3 is 9.64 Å². The first kappa shape index (κ1) is 18.2. The van der Waals surface area contributed by atoms with E-state index in [9.17, 15) is 9.59 Å². The first-order chi connectivity index (χ1) is 13.0. The first-order valence-corrected chi connectivity index (χ1v) is 9.91. The monoisotopic (exact) mass is 372 g/mol. The van der Waals surface area contributed by atoms with Crippen molar-refractivity contribution in [3.8, 4) is 0 Å². The van der Waals surface area contributed by atoms with Crippen molar-refractivity contribution in [1.82, 2.24) is 19.5 Å². The summed E-state index contributed by atoms with van der Waals surface area (Å²) in [6, 6.07) is 1.91. The van der Waals surface area contributed by atoms with E-state index in [1.807, 2.05) is 17.9 Å². The molecule has 0 unspecified atom stereocenters. The molecule has 1 N–H and O–H groups in total. The number of H-pyrrole nitrogens is 1. The van der Waals surface area contributed by atoms with Gasteiger partial charge in [-0.25, -0.2) is 9.50 Å². The zero-order chi connectivity index (χ0) is 19.1. The van der Waals surface area contributed by atoms with E-state index in [1.54, 1.807) is 14.0 Å². The number of aromatic nitrogens is 3. The van der Waals surface area contributed by atoms with Crippen molar-refractivity contribution in [3.63, 3.8) is 0 Å². The second-order valence-corrected chi connectivity index (χ2v) is 7.94. The molecule has 4 rings (SSSR count). The number of hydrogen-bond donors (Lipinski definition) is 1. The van der Waals surface area contributed by atoms with Crippen LogP contribution in [0.5, 0.6) is 0 Å². The maximum absolute atomic E-state index is 13.2. The fourth-order valence-electron chi connectivity index (χ4n) is 4.58. The molecule has 2 fully saturated rings. The Morgan fingerprint density at radius 3 is 2.85 bits per heavy atom. The van der Waals surface area contributed by atoms with Crippen molar-refractivity contribution >= 4 is 11.6 Å².